The lowest BCUT2D eigenvalue weighted by atomic mass is 10.1. The largest absolute Gasteiger partial charge is 0.292 e. The molecule has 0 spiro atoms. The Hall–Kier alpha value is -2.81. The summed E-state index contributed by atoms with van der Waals surface area (Å²) in [6.07, 6.45) is 4.41. The third-order valence-electron chi connectivity index (χ3n) is 3.16. The van der Waals surface area contributed by atoms with Crippen LogP contribution in [0.5, 0.6) is 0 Å². The number of Topliss-reactive ketones (excluding diaryl/α,β-unsaturated/α-hetero) is 1. The molecule has 10 heteroatoms. The standard InChI is InChI=1S/C10H7F2N3O.C6H6ClFN2/c11-7-1-2-8(9(12)3-7)10(16)4-15-6-13-5-14-15;1-2-4-5(8)6(7)10-3-9-4/h1-3,5-6H,4H2;3H,2H2,1H3. The topological polar surface area (TPSA) is 73.6 Å². The van der Waals surface area contributed by atoms with Gasteiger partial charge in [0.1, 0.15) is 37.2 Å². The molecule has 0 saturated carbocycles. The molecule has 3 rings (SSSR count). The Kier molecular flexibility index (Phi) is 6.79. The molecule has 0 N–H and O–H groups in total. The van der Waals surface area contributed by atoms with Crippen LogP contribution < -0.4 is 0 Å². The number of rotatable bonds is 4. The fourth-order valence-corrected chi connectivity index (χ4v) is 2.04. The van der Waals surface area contributed by atoms with E-state index in [0.29, 0.717) is 18.2 Å². The van der Waals surface area contributed by atoms with Gasteiger partial charge in [-0.05, 0) is 18.6 Å². The van der Waals surface area contributed by atoms with Gasteiger partial charge in [-0.1, -0.05) is 18.5 Å². The highest BCUT2D eigenvalue weighted by Gasteiger charge is 2.13. The van der Waals surface area contributed by atoms with Crippen molar-refractivity contribution < 1.29 is 18.0 Å². The molecule has 2 aromatic heterocycles. The maximum absolute atomic E-state index is 13.2. The average molecular weight is 384 g/mol. The lowest BCUT2D eigenvalue weighted by molar-refractivity contribution is 0.0963. The van der Waals surface area contributed by atoms with Crippen LogP contribution in [0.25, 0.3) is 0 Å². The van der Waals surface area contributed by atoms with Gasteiger partial charge in [-0.2, -0.15) is 5.10 Å². The lowest BCUT2D eigenvalue weighted by Crippen LogP contribution is -2.12. The van der Waals surface area contributed by atoms with Crippen molar-refractivity contribution in [1.82, 2.24) is 24.7 Å². The second-order valence-electron chi connectivity index (χ2n) is 4.92. The van der Waals surface area contributed by atoms with Gasteiger partial charge in [-0.15, -0.1) is 0 Å². The summed E-state index contributed by atoms with van der Waals surface area (Å²) in [6.45, 7) is 1.68. The fraction of sp³-hybridized carbons (Fsp3) is 0.188. The van der Waals surface area contributed by atoms with Crippen LogP contribution in [-0.4, -0.2) is 30.5 Å². The normalized spacial score (nSPS) is 10.2. The van der Waals surface area contributed by atoms with Gasteiger partial charge in [0.15, 0.2) is 16.8 Å². The van der Waals surface area contributed by atoms with Crippen LogP contribution in [-0.2, 0) is 13.0 Å². The highest BCUT2D eigenvalue weighted by atomic mass is 35.5. The quantitative estimate of drug-likeness (QED) is 0.510. The molecule has 2 heterocycles. The number of carbonyl (C=O) groups is 1. The molecule has 0 bridgehead atoms. The molecule has 26 heavy (non-hydrogen) atoms. The molecule has 0 saturated heterocycles. The second-order valence-corrected chi connectivity index (χ2v) is 5.28. The van der Waals surface area contributed by atoms with Gasteiger partial charge >= 0.3 is 0 Å². The smallest absolute Gasteiger partial charge is 0.187 e. The summed E-state index contributed by atoms with van der Waals surface area (Å²) in [5.74, 6) is -2.57. The number of aromatic nitrogens is 5. The molecule has 0 atom stereocenters. The van der Waals surface area contributed by atoms with Crippen LogP contribution in [0.3, 0.4) is 0 Å². The van der Waals surface area contributed by atoms with E-state index >= 15 is 0 Å². The molecule has 0 aliphatic heterocycles. The monoisotopic (exact) mass is 383 g/mol. The Balaban J connectivity index is 0.000000209. The maximum atomic E-state index is 13.2. The number of carbonyl (C=O) groups excluding carboxylic acids is 1. The molecule has 0 fully saturated rings. The van der Waals surface area contributed by atoms with Crippen LogP contribution in [0.2, 0.25) is 5.15 Å². The average Bonchev–Trinajstić information content (AvgIpc) is 3.11. The van der Waals surface area contributed by atoms with Crippen molar-refractivity contribution >= 4 is 17.4 Å². The van der Waals surface area contributed by atoms with E-state index in [4.69, 9.17) is 11.6 Å². The first-order valence-electron chi connectivity index (χ1n) is 7.37. The molecule has 6 nitrogen and oxygen atoms in total. The second kappa shape index (κ2) is 9.04. The Morgan fingerprint density at radius 3 is 2.54 bits per heavy atom. The first-order chi connectivity index (χ1) is 12.4. The Bertz CT molecular complexity index is 890. The molecule has 136 valence electrons. The van der Waals surface area contributed by atoms with E-state index in [-0.39, 0.29) is 17.3 Å². The van der Waals surface area contributed by atoms with Crippen LogP contribution in [0.15, 0.2) is 37.2 Å². The third-order valence-corrected chi connectivity index (χ3v) is 3.42. The third kappa shape index (κ3) is 5.09. The molecule has 0 radical (unpaired) electrons. The molecule has 1 aromatic carbocycles. The van der Waals surface area contributed by atoms with Crippen molar-refractivity contribution in [1.29, 1.82) is 0 Å². The minimum atomic E-state index is -0.870. The molecule has 0 unspecified atom stereocenters. The van der Waals surface area contributed by atoms with E-state index in [0.717, 1.165) is 12.1 Å². The van der Waals surface area contributed by atoms with Crippen molar-refractivity contribution in [2.24, 2.45) is 0 Å². The van der Waals surface area contributed by atoms with Crippen LogP contribution in [0.4, 0.5) is 13.2 Å². The van der Waals surface area contributed by atoms with Crippen molar-refractivity contribution in [3.05, 3.63) is 71.0 Å². The van der Waals surface area contributed by atoms with Crippen molar-refractivity contribution in [2.75, 3.05) is 0 Å². The summed E-state index contributed by atoms with van der Waals surface area (Å²) in [7, 11) is 0. The van der Waals surface area contributed by atoms with Gasteiger partial charge in [0.2, 0.25) is 0 Å². The zero-order chi connectivity index (χ0) is 19.1. The first-order valence-corrected chi connectivity index (χ1v) is 7.75. The molecular formula is C16H13ClF3N5O. The Labute approximate surface area is 151 Å². The van der Waals surface area contributed by atoms with Crippen molar-refractivity contribution in [3.8, 4) is 0 Å². The number of ketones is 1. The van der Waals surface area contributed by atoms with E-state index in [2.05, 4.69) is 20.1 Å². The van der Waals surface area contributed by atoms with Gasteiger partial charge < -0.3 is 0 Å². The number of hydrogen-bond acceptors (Lipinski definition) is 5. The van der Waals surface area contributed by atoms with Crippen LogP contribution in [0.1, 0.15) is 23.0 Å². The van der Waals surface area contributed by atoms with E-state index < -0.39 is 23.2 Å². The highest BCUT2D eigenvalue weighted by Crippen LogP contribution is 2.12. The van der Waals surface area contributed by atoms with E-state index in [9.17, 15) is 18.0 Å². The van der Waals surface area contributed by atoms with E-state index in [1.54, 1.807) is 0 Å². The van der Waals surface area contributed by atoms with Gasteiger partial charge in [0.25, 0.3) is 0 Å². The summed E-state index contributed by atoms with van der Waals surface area (Å²) >= 11 is 5.37. The molecule has 0 amide bonds. The fourth-order valence-electron chi connectivity index (χ4n) is 1.89. The van der Waals surface area contributed by atoms with Crippen LogP contribution >= 0.6 is 11.6 Å². The number of nitrogens with zero attached hydrogens (tertiary/aromatic N) is 5. The number of hydrogen-bond donors (Lipinski definition) is 0. The predicted molar refractivity (Wildman–Crippen MR) is 87.1 cm³/mol. The predicted octanol–water partition coefficient (Wildman–Crippen LogP) is 3.27. The molecule has 0 aliphatic carbocycles. The van der Waals surface area contributed by atoms with Crippen molar-refractivity contribution in [3.63, 3.8) is 0 Å². The van der Waals surface area contributed by atoms with Gasteiger partial charge in [0, 0.05) is 6.07 Å². The summed E-state index contributed by atoms with van der Waals surface area (Å²) in [4.78, 5) is 22.4. The van der Waals surface area contributed by atoms with E-state index in [1.165, 1.54) is 23.7 Å². The van der Waals surface area contributed by atoms with Crippen molar-refractivity contribution in [2.45, 2.75) is 19.9 Å². The molecular weight excluding hydrogens is 371 g/mol. The highest BCUT2D eigenvalue weighted by molar-refractivity contribution is 6.29. The molecule has 3 aromatic rings. The Morgan fingerprint density at radius 1 is 1.19 bits per heavy atom. The first kappa shape index (κ1) is 19.5. The number of benzene rings is 1. The summed E-state index contributed by atoms with van der Waals surface area (Å²) in [5, 5.41) is 3.61. The van der Waals surface area contributed by atoms with E-state index in [1.807, 2.05) is 6.92 Å². The van der Waals surface area contributed by atoms with Crippen LogP contribution in [0, 0.1) is 17.5 Å². The SMILES string of the molecule is CCc1ncnc(Cl)c1F.O=C(Cn1cncn1)c1ccc(F)cc1F. The molecule has 0 aliphatic rings. The number of aryl methyl sites for hydroxylation is 1. The number of halogens is 4. The van der Waals surface area contributed by atoms with Gasteiger partial charge in [-0.25, -0.2) is 32.8 Å². The maximum Gasteiger partial charge on any atom is 0.187 e. The summed E-state index contributed by atoms with van der Waals surface area (Å²) in [6, 6.07) is 2.83. The summed E-state index contributed by atoms with van der Waals surface area (Å²) < 4.78 is 39.8. The summed E-state index contributed by atoms with van der Waals surface area (Å²) in [5.41, 5.74) is 0.205. The lowest BCUT2D eigenvalue weighted by Gasteiger charge is -2.02. The minimum Gasteiger partial charge on any atom is -0.292 e. The zero-order valence-corrected chi connectivity index (χ0v) is 14.3. The Morgan fingerprint density at radius 2 is 1.96 bits per heavy atom. The van der Waals surface area contributed by atoms with Gasteiger partial charge in [0.05, 0.1) is 11.3 Å². The zero-order valence-electron chi connectivity index (χ0n) is 13.5. The van der Waals surface area contributed by atoms with Gasteiger partial charge in [-0.3, -0.25) is 4.79 Å². The minimum absolute atomic E-state index is 0.105.